The van der Waals surface area contributed by atoms with E-state index in [0.717, 1.165) is 18.7 Å². The van der Waals surface area contributed by atoms with Gasteiger partial charge in [0.15, 0.2) is 11.6 Å². The van der Waals surface area contributed by atoms with Gasteiger partial charge in [0.2, 0.25) is 6.10 Å². The van der Waals surface area contributed by atoms with Gasteiger partial charge in [0.25, 0.3) is 5.91 Å². The largest absolute Gasteiger partial charge is 0.476 e. The Morgan fingerprint density at radius 1 is 1.08 bits per heavy atom. The van der Waals surface area contributed by atoms with Crippen molar-refractivity contribution in [1.82, 2.24) is 10.6 Å². The number of carbonyl (C=O) groups is 1. The Kier molecular flexibility index (Phi) is 6.69. The summed E-state index contributed by atoms with van der Waals surface area (Å²) in [6.45, 7) is 3.86. The first kappa shape index (κ1) is 17.9. The first-order valence-electron chi connectivity index (χ1n) is 7.77. The molecule has 24 heavy (non-hydrogen) atoms. The Morgan fingerprint density at radius 2 is 1.83 bits per heavy atom. The van der Waals surface area contributed by atoms with E-state index in [1.165, 1.54) is 6.07 Å². The molecule has 0 aliphatic heterocycles. The van der Waals surface area contributed by atoms with Crippen LogP contribution in [0.15, 0.2) is 48.5 Å². The fourth-order valence-electron chi connectivity index (χ4n) is 2.13. The van der Waals surface area contributed by atoms with Gasteiger partial charge in [0.1, 0.15) is 5.75 Å². The summed E-state index contributed by atoms with van der Waals surface area (Å²) in [6.07, 6.45) is -0.947. The lowest BCUT2D eigenvalue weighted by Gasteiger charge is -2.19. The van der Waals surface area contributed by atoms with Crippen LogP contribution in [0.2, 0.25) is 0 Å². The number of halogens is 2. The third-order valence-electron chi connectivity index (χ3n) is 3.34. The minimum Gasteiger partial charge on any atom is -0.476 e. The van der Waals surface area contributed by atoms with Crippen molar-refractivity contribution in [3.63, 3.8) is 0 Å². The van der Waals surface area contributed by atoms with Gasteiger partial charge in [-0.3, -0.25) is 4.79 Å². The summed E-state index contributed by atoms with van der Waals surface area (Å²) in [6, 6.07) is 12.1. The van der Waals surface area contributed by atoms with Gasteiger partial charge in [-0.05, 0) is 18.7 Å². The molecule has 4 nitrogen and oxygen atoms in total. The van der Waals surface area contributed by atoms with Crippen LogP contribution in [0.4, 0.5) is 8.78 Å². The highest BCUT2D eigenvalue weighted by Gasteiger charge is 2.22. The van der Waals surface area contributed by atoms with E-state index in [1.54, 1.807) is 24.3 Å². The summed E-state index contributed by atoms with van der Waals surface area (Å²) in [5.74, 6) is -2.24. The molecule has 0 saturated carbocycles. The van der Waals surface area contributed by atoms with Gasteiger partial charge in [-0.15, -0.1) is 0 Å². The number of amides is 1. The molecule has 0 fully saturated rings. The number of ether oxygens (including phenoxy) is 1. The molecule has 6 heteroatoms. The smallest absolute Gasteiger partial charge is 0.265 e. The van der Waals surface area contributed by atoms with Crippen LogP contribution in [0.3, 0.4) is 0 Å². The Labute approximate surface area is 139 Å². The van der Waals surface area contributed by atoms with Gasteiger partial charge < -0.3 is 15.4 Å². The molecule has 0 aromatic heterocycles. The van der Waals surface area contributed by atoms with Gasteiger partial charge >= 0.3 is 0 Å². The van der Waals surface area contributed by atoms with Gasteiger partial charge in [-0.25, -0.2) is 8.78 Å². The van der Waals surface area contributed by atoms with Crippen molar-refractivity contribution in [2.75, 3.05) is 19.6 Å². The zero-order chi connectivity index (χ0) is 17.4. The van der Waals surface area contributed by atoms with Crippen molar-refractivity contribution < 1.29 is 18.3 Å². The highest BCUT2D eigenvalue weighted by atomic mass is 19.2. The maximum absolute atomic E-state index is 13.4. The number of hydrogen-bond donors (Lipinski definition) is 2. The van der Waals surface area contributed by atoms with Crippen LogP contribution in [0, 0.1) is 11.6 Å². The lowest BCUT2D eigenvalue weighted by Crippen LogP contribution is -2.36. The molecule has 0 spiro atoms. The van der Waals surface area contributed by atoms with E-state index < -0.39 is 17.7 Å². The molecule has 2 aromatic rings. The van der Waals surface area contributed by atoms with Crippen LogP contribution < -0.4 is 15.4 Å². The molecular weight excluding hydrogens is 314 g/mol. The number of nitrogens with one attached hydrogen (secondary N) is 2. The van der Waals surface area contributed by atoms with E-state index in [-0.39, 0.29) is 11.7 Å². The Bertz CT molecular complexity index is 665. The molecule has 0 aliphatic rings. The summed E-state index contributed by atoms with van der Waals surface area (Å²) < 4.78 is 32.0. The van der Waals surface area contributed by atoms with Crippen molar-refractivity contribution in [1.29, 1.82) is 0 Å². The predicted octanol–water partition coefficient (Wildman–Crippen LogP) is 2.81. The highest BCUT2D eigenvalue weighted by molar-refractivity contribution is 5.82. The normalized spacial score (nSPS) is 11.8. The molecular formula is C18H20F2N2O2. The molecule has 2 aromatic carbocycles. The van der Waals surface area contributed by atoms with Crippen molar-refractivity contribution in [2.24, 2.45) is 0 Å². The second-order valence-electron chi connectivity index (χ2n) is 5.13. The predicted molar refractivity (Wildman–Crippen MR) is 87.7 cm³/mol. The monoisotopic (exact) mass is 334 g/mol. The van der Waals surface area contributed by atoms with Crippen molar-refractivity contribution >= 4 is 5.91 Å². The number of benzene rings is 2. The SMILES string of the molecule is CCNCCNC(=O)C(Oc1ccc(F)c(F)c1)c1ccccc1. The zero-order valence-electron chi connectivity index (χ0n) is 13.4. The number of carbonyl (C=O) groups excluding carboxylic acids is 1. The fourth-order valence-corrected chi connectivity index (χ4v) is 2.13. The zero-order valence-corrected chi connectivity index (χ0v) is 13.4. The first-order valence-corrected chi connectivity index (χ1v) is 7.77. The van der Waals surface area contributed by atoms with Crippen LogP contribution >= 0.6 is 0 Å². The quantitative estimate of drug-likeness (QED) is 0.730. The average molecular weight is 334 g/mol. The number of rotatable bonds is 8. The van der Waals surface area contributed by atoms with Gasteiger partial charge in [-0.2, -0.15) is 0 Å². The molecule has 128 valence electrons. The van der Waals surface area contributed by atoms with Crippen molar-refractivity contribution in [2.45, 2.75) is 13.0 Å². The third-order valence-corrected chi connectivity index (χ3v) is 3.34. The maximum Gasteiger partial charge on any atom is 0.265 e. The summed E-state index contributed by atoms with van der Waals surface area (Å²) >= 11 is 0. The van der Waals surface area contributed by atoms with Crippen LogP contribution in [0.25, 0.3) is 0 Å². The summed E-state index contributed by atoms with van der Waals surface area (Å²) in [7, 11) is 0. The lowest BCUT2D eigenvalue weighted by molar-refractivity contribution is -0.128. The number of likely N-dealkylation sites (N-methyl/N-ethyl adjacent to an activating group) is 1. The minimum absolute atomic E-state index is 0.0876. The molecule has 0 radical (unpaired) electrons. The average Bonchev–Trinajstić information content (AvgIpc) is 2.60. The van der Waals surface area contributed by atoms with Gasteiger partial charge in [-0.1, -0.05) is 37.3 Å². The molecule has 1 amide bonds. The molecule has 1 atom stereocenters. The second-order valence-corrected chi connectivity index (χ2v) is 5.13. The van der Waals surface area contributed by atoms with Crippen LogP contribution in [-0.2, 0) is 4.79 Å². The Morgan fingerprint density at radius 3 is 2.50 bits per heavy atom. The second kappa shape index (κ2) is 8.98. The van der Waals surface area contributed by atoms with Crippen molar-refractivity contribution in [3.05, 3.63) is 65.7 Å². The Balaban J connectivity index is 2.13. The summed E-state index contributed by atoms with van der Waals surface area (Å²) in [5.41, 5.74) is 0.628. The third kappa shape index (κ3) is 5.03. The van der Waals surface area contributed by atoms with E-state index in [9.17, 15) is 13.6 Å². The standard InChI is InChI=1S/C18H20F2N2O2/c1-2-21-10-11-22-18(23)17(13-6-4-3-5-7-13)24-14-8-9-15(19)16(20)12-14/h3-9,12,17,21H,2,10-11H2,1H3,(H,22,23). The molecule has 0 heterocycles. The topological polar surface area (TPSA) is 50.4 Å². The minimum atomic E-state index is -1.02. The molecule has 2 rings (SSSR count). The van der Waals surface area contributed by atoms with Crippen molar-refractivity contribution in [3.8, 4) is 5.75 Å². The maximum atomic E-state index is 13.4. The molecule has 0 bridgehead atoms. The van der Waals surface area contributed by atoms with Crippen LogP contribution in [0.5, 0.6) is 5.75 Å². The van der Waals surface area contributed by atoms with E-state index in [1.807, 2.05) is 13.0 Å². The van der Waals surface area contributed by atoms with Crippen LogP contribution in [-0.4, -0.2) is 25.5 Å². The van der Waals surface area contributed by atoms with E-state index in [0.29, 0.717) is 18.7 Å². The first-order chi connectivity index (χ1) is 11.6. The highest BCUT2D eigenvalue weighted by Crippen LogP contribution is 2.24. The van der Waals surface area contributed by atoms with E-state index in [4.69, 9.17) is 4.74 Å². The van der Waals surface area contributed by atoms with Crippen LogP contribution in [0.1, 0.15) is 18.6 Å². The van der Waals surface area contributed by atoms with E-state index in [2.05, 4.69) is 10.6 Å². The summed E-state index contributed by atoms with van der Waals surface area (Å²) in [4.78, 5) is 12.4. The molecule has 0 saturated heterocycles. The summed E-state index contributed by atoms with van der Waals surface area (Å²) in [5, 5.41) is 5.87. The van der Waals surface area contributed by atoms with E-state index >= 15 is 0 Å². The number of hydrogen-bond acceptors (Lipinski definition) is 3. The van der Waals surface area contributed by atoms with Gasteiger partial charge in [0, 0.05) is 24.7 Å². The molecule has 0 aliphatic carbocycles. The van der Waals surface area contributed by atoms with Gasteiger partial charge in [0.05, 0.1) is 0 Å². The fraction of sp³-hybridized carbons (Fsp3) is 0.278. The Hall–Kier alpha value is -2.47. The molecule has 2 N–H and O–H groups in total. The lowest BCUT2D eigenvalue weighted by atomic mass is 10.1. The molecule has 1 unspecified atom stereocenters.